The summed E-state index contributed by atoms with van der Waals surface area (Å²) < 4.78 is 38.6. The van der Waals surface area contributed by atoms with E-state index in [-0.39, 0.29) is 23.4 Å². The van der Waals surface area contributed by atoms with Crippen LogP contribution in [-0.2, 0) is 24.3 Å². The van der Waals surface area contributed by atoms with E-state index in [9.17, 15) is 13.2 Å². The Labute approximate surface area is 201 Å². The minimum atomic E-state index is -3.69. The average molecular weight is 489 g/mol. The summed E-state index contributed by atoms with van der Waals surface area (Å²) in [6.45, 7) is 5.97. The molecule has 1 atom stereocenters. The van der Waals surface area contributed by atoms with Gasteiger partial charge in [0, 0.05) is 32.2 Å². The van der Waals surface area contributed by atoms with Gasteiger partial charge < -0.3 is 25.0 Å². The van der Waals surface area contributed by atoms with Crippen molar-refractivity contribution >= 4 is 27.3 Å². The standard InChI is InChI=1S/C24H32N4O5S/c1-19(20-5-3-2-4-6-20)25-18-24(29)26-22-17-21(34(30,31)28-11-15-33-16-12-28)7-8-23(22)27-9-13-32-14-10-27/h2-8,17,19,25H,9-16,18H2,1H3,(H,26,29)/t19-/m1/s1. The number of anilines is 2. The van der Waals surface area contributed by atoms with Crippen molar-refractivity contribution in [2.24, 2.45) is 0 Å². The van der Waals surface area contributed by atoms with Gasteiger partial charge in [-0.3, -0.25) is 4.79 Å². The third kappa shape index (κ3) is 5.94. The maximum atomic E-state index is 13.2. The van der Waals surface area contributed by atoms with E-state index in [2.05, 4.69) is 15.5 Å². The lowest BCUT2D eigenvalue weighted by molar-refractivity contribution is -0.115. The molecule has 4 rings (SSSR count). The molecule has 10 heteroatoms. The van der Waals surface area contributed by atoms with E-state index in [1.54, 1.807) is 18.2 Å². The number of hydrogen-bond donors (Lipinski definition) is 2. The van der Waals surface area contributed by atoms with Crippen LogP contribution < -0.4 is 15.5 Å². The molecule has 1 amide bonds. The van der Waals surface area contributed by atoms with Gasteiger partial charge in [-0.1, -0.05) is 30.3 Å². The van der Waals surface area contributed by atoms with E-state index < -0.39 is 10.0 Å². The largest absolute Gasteiger partial charge is 0.379 e. The van der Waals surface area contributed by atoms with Crippen molar-refractivity contribution in [3.8, 4) is 0 Å². The molecule has 34 heavy (non-hydrogen) atoms. The zero-order chi connectivity index (χ0) is 24.0. The average Bonchev–Trinajstić information content (AvgIpc) is 2.89. The molecule has 2 heterocycles. The minimum absolute atomic E-state index is 0.00121. The lowest BCUT2D eigenvalue weighted by Crippen LogP contribution is -2.40. The van der Waals surface area contributed by atoms with E-state index in [0.717, 1.165) is 11.3 Å². The molecule has 0 bridgehead atoms. The van der Waals surface area contributed by atoms with Gasteiger partial charge in [-0.05, 0) is 30.7 Å². The van der Waals surface area contributed by atoms with Gasteiger partial charge in [0.15, 0.2) is 0 Å². The Morgan fingerprint density at radius 3 is 2.29 bits per heavy atom. The Morgan fingerprint density at radius 1 is 0.971 bits per heavy atom. The summed E-state index contributed by atoms with van der Waals surface area (Å²) in [7, 11) is -3.69. The zero-order valence-corrected chi connectivity index (χ0v) is 20.2. The number of sulfonamides is 1. The van der Waals surface area contributed by atoms with Crippen molar-refractivity contribution in [1.29, 1.82) is 0 Å². The van der Waals surface area contributed by atoms with Gasteiger partial charge >= 0.3 is 0 Å². The summed E-state index contributed by atoms with van der Waals surface area (Å²) in [5, 5.41) is 6.17. The van der Waals surface area contributed by atoms with E-state index in [1.807, 2.05) is 37.3 Å². The summed E-state index contributed by atoms with van der Waals surface area (Å²) in [6, 6.07) is 14.8. The first-order valence-electron chi connectivity index (χ1n) is 11.6. The number of ether oxygens (including phenoxy) is 2. The number of hydrogen-bond acceptors (Lipinski definition) is 7. The van der Waals surface area contributed by atoms with Crippen molar-refractivity contribution in [2.75, 3.05) is 69.4 Å². The Morgan fingerprint density at radius 2 is 1.62 bits per heavy atom. The molecule has 2 saturated heterocycles. The molecular formula is C24H32N4O5S. The molecule has 2 aromatic rings. The zero-order valence-electron chi connectivity index (χ0n) is 19.4. The van der Waals surface area contributed by atoms with E-state index in [1.165, 1.54) is 4.31 Å². The highest BCUT2D eigenvalue weighted by molar-refractivity contribution is 7.89. The lowest BCUT2D eigenvalue weighted by Gasteiger charge is -2.31. The topological polar surface area (TPSA) is 100 Å². The quantitative estimate of drug-likeness (QED) is 0.585. The Hall–Kier alpha value is -2.50. The summed E-state index contributed by atoms with van der Waals surface area (Å²) in [5.74, 6) is -0.238. The molecule has 0 aliphatic carbocycles. The van der Waals surface area contributed by atoms with Crippen LogP contribution in [0.3, 0.4) is 0 Å². The van der Waals surface area contributed by atoms with Gasteiger partial charge in [-0.2, -0.15) is 4.31 Å². The molecule has 0 unspecified atom stereocenters. The highest BCUT2D eigenvalue weighted by atomic mass is 32.2. The second-order valence-electron chi connectivity index (χ2n) is 8.36. The number of morpholine rings is 2. The summed E-state index contributed by atoms with van der Waals surface area (Å²) in [6.07, 6.45) is 0. The smallest absolute Gasteiger partial charge is 0.243 e. The van der Waals surface area contributed by atoms with Gasteiger partial charge in [0.2, 0.25) is 15.9 Å². The third-order valence-corrected chi connectivity index (χ3v) is 7.96. The van der Waals surface area contributed by atoms with Gasteiger partial charge in [0.1, 0.15) is 0 Å². The highest BCUT2D eigenvalue weighted by Gasteiger charge is 2.28. The number of rotatable bonds is 8. The predicted octanol–water partition coefficient (Wildman–Crippen LogP) is 1.83. The second kappa shape index (κ2) is 11.3. The molecule has 0 saturated carbocycles. The van der Waals surface area contributed by atoms with E-state index in [4.69, 9.17) is 9.47 Å². The monoisotopic (exact) mass is 488 g/mol. The molecular weight excluding hydrogens is 456 g/mol. The first-order chi connectivity index (χ1) is 16.4. The molecule has 0 aromatic heterocycles. The molecule has 9 nitrogen and oxygen atoms in total. The summed E-state index contributed by atoms with van der Waals surface area (Å²) in [5.41, 5.74) is 2.35. The maximum absolute atomic E-state index is 13.2. The van der Waals surface area contributed by atoms with Gasteiger partial charge in [0.05, 0.1) is 49.2 Å². The highest BCUT2D eigenvalue weighted by Crippen LogP contribution is 2.31. The third-order valence-electron chi connectivity index (χ3n) is 6.07. The van der Waals surface area contributed by atoms with Crippen molar-refractivity contribution in [2.45, 2.75) is 17.9 Å². The van der Waals surface area contributed by atoms with Crippen molar-refractivity contribution in [1.82, 2.24) is 9.62 Å². The normalized spacial score (nSPS) is 18.4. The summed E-state index contributed by atoms with van der Waals surface area (Å²) in [4.78, 5) is 15.1. The van der Waals surface area contributed by atoms with Crippen molar-refractivity contribution in [3.63, 3.8) is 0 Å². The van der Waals surface area contributed by atoms with Gasteiger partial charge in [-0.15, -0.1) is 0 Å². The molecule has 0 radical (unpaired) electrons. The van der Waals surface area contributed by atoms with Crippen LogP contribution in [0.5, 0.6) is 0 Å². The number of nitrogens with one attached hydrogen (secondary N) is 2. The SMILES string of the molecule is C[C@@H](NCC(=O)Nc1cc(S(=O)(=O)N2CCOCC2)ccc1N1CCOCC1)c1ccccc1. The molecule has 2 aliphatic heterocycles. The van der Waals surface area contributed by atoms with Gasteiger partial charge in [0.25, 0.3) is 0 Å². The van der Waals surface area contributed by atoms with Crippen LogP contribution in [0.2, 0.25) is 0 Å². The fourth-order valence-corrected chi connectivity index (χ4v) is 5.53. The Kier molecular flexibility index (Phi) is 8.17. The molecule has 184 valence electrons. The van der Waals surface area contributed by atoms with Crippen molar-refractivity contribution < 1.29 is 22.7 Å². The molecule has 0 spiro atoms. The number of carbonyl (C=O) groups excluding carboxylic acids is 1. The van der Waals surface area contributed by atoms with Crippen molar-refractivity contribution in [3.05, 3.63) is 54.1 Å². The first kappa shape index (κ1) is 24.6. The van der Waals surface area contributed by atoms with Crippen LogP contribution in [0.4, 0.5) is 11.4 Å². The lowest BCUT2D eigenvalue weighted by atomic mass is 10.1. The van der Waals surface area contributed by atoms with Crippen LogP contribution in [0.15, 0.2) is 53.4 Å². The van der Waals surface area contributed by atoms with E-state index >= 15 is 0 Å². The fraction of sp³-hybridized carbons (Fsp3) is 0.458. The maximum Gasteiger partial charge on any atom is 0.243 e. The molecule has 2 aromatic carbocycles. The number of benzene rings is 2. The van der Waals surface area contributed by atoms with Crippen LogP contribution >= 0.6 is 0 Å². The number of nitrogens with zero attached hydrogens (tertiary/aromatic N) is 2. The molecule has 2 N–H and O–H groups in total. The number of amides is 1. The molecule has 2 aliphatic rings. The predicted molar refractivity (Wildman–Crippen MR) is 131 cm³/mol. The van der Waals surface area contributed by atoms with Crippen LogP contribution in [0.1, 0.15) is 18.5 Å². The van der Waals surface area contributed by atoms with Crippen LogP contribution in [0.25, 0.3) is 0 Å². The fourth-order valence-electron chi connectivity index (χ4n) is 4.09. The van der Waals surface area contributed by atoms with Gasteiger partial charge in [-0.25, -0.2) is 8.42 Å². The van der Waals surface area contributed by atoms with Crippen LogP contribution in [0, 0.1) is 0 Å². The Bertz CT molecular complexity index is 1070. The summed E-state index contributed by atoms with van der Waals surface area (Å²) >= 11 is 0. The first-order valence-corrected chi connectivity index (χ1v) is 13.0. The Balaban J connectivity index is 1.52. The minimum Gasteiger partial charge on any atom is -0.379 e. The second-order valence-corrected chi connectivity index (χ2v) is 10.3. The molecule has 2 fully saturated rings. The number of carbonyl (C=O) groups is 1. The van der Waals surface area contributed by atoms with E-state index in [0.29, 0.717) is 58.3 Å². The van der Waals surface area contributed by atoms with Crippen LogP contribution in [-0.4, -0.2) is 77.8 Å².